The van der Waals surface area contributed by atoms with Crippen LogP contribution < -0.4 is 5.73 Å². The number of rotatable bonds is 2. The molecule has 0 aromatic heterocycles. The van der Waals surface area contributed by atoms with Crippen molar-refractivity contribution in [1.82, 2.24) is 4.90 Å². The fourth-order valence-corrected chi connectivity index (χ4v) is 1.40. The maximum atomic E-state index is 10.4. The molecule has 4 heteroatoms. The first-order chi connectivity index (χ1) is 5.09. The lowest BCUT2D eigenvalue weighted by atomic mass is 9.81. The molecule has 1 aliphatic rings. The van der Waals surface area contributed by atoms with Gasteiger partial charge in [-0.1, -0.05) is 0 Å². The van der Waals surface area contributed by atoms with Crippen LogP contribution in [0.1, 0.15) is 12.8 Å². The largest absolute Gasteiger partial charge is 0.465 e. The van der Waals surface area contributed by atoms with E-state index in [4.69, 9.17) is 10.8 Å². The number of carboxylic acid groups (broad SMARTS) is 1. The van der Waals surface area contributed by atoms with Crippen molar-refractivity contribution in [2.45, 2.75) is 18.9 Å². The second-order valence-electron chi connectivity index (χ2n) is 3.26. The minimum atomic E-state index is -0.856. The van der Waals surface area contributed by atoms with Gasteiger partial charge in [0.2, 0.25) is 0 Å². The Balaban J connectivity index is 2.16. The lowest BCUT2D eigenvalue weighted by molar-refractivity contribution is 0.132. The Kier molecular flexibility index (Phi) is 2.34. The number of carbonyl (C=O) groups is 1. The van der Waals surface area contributed by atoms with Crippen molar-refractivity contribution in [1.29, 1.82) is 0 Å². The van der Waals surface area contributed by atoms with E-state index in [1.165, 1.54) is 4.90 Å². The first kappa shape index (κ1) is 8.33. The summed E-state index contributed by atoms with van der Waals surface area (Å²) < 4.78 is 0. The van der Waals surface area contributed by atoms with Gasteiger partial charge in [-0.15, -0.1) is 0 Å². The SMILES string of the molecule is CN(CC1CC(N)C1)C(=O)O. The van der Waals surface area contributed by atoms with E-state index in [0.29, 0.717) is 18.5 Å². The Hall–Kier alpha value is -0.770. The molecule has 0 heterocycles. The minimum absolute atomic E-state index is 0.308. The summed E-state index contributed by atoms with van der Waals surface area (Å²) in [5, 5.41) is 8.51. The van der Waals surface area contributed by atoms with Gasteiger partial charge < -0.3 is 15.7 Å². The number of nitrogens with two attached hydrogens (primary N) is 1. The van der Waals surface area contributed by atoms with E-state index in [2.05, 4.69) is 0 Å². The molecular formula is C7H14N2O2. The highest BCUT2D eigenvalue weighted by Gasteiger charge is 2.27. The summed E-state index contributed by atoms with van der Waals surface area (Å²) in [5.74, 6) is 0.492. The van der Waals surface area contributed by atoms with Gasteiger partial charge in [-0.25, -0.2) is 4.79 Å². The molecule has 1 aliphatic carbocycles. The van der Waals surface area contributed by atoms with E-state index < -0.39 is 6.09 Å². The van der Waals surface area contributed by atoms with Gasteiger partial charge in [0, 0.05) is 19.6 Å². The first-order valence-corrected chi connectivity index (χ1v) is 3.79. The summed E-state index contributed by atoms with van der Waals surface area (Å²) in [6, 6.07) is 0.308. The van der Waals surface area contributed by atoms with Gasteiger partial charge in [-0.3, -0.25) is 0 Å². The number of amides is 1. The molecule has 0 aromatic carbocycles. The summed E-state index contributed by atoms with van der Waals surface area (Å²) >= 11 is 0. The average Bonchev–Trinajstić information content (AvgIpc) is 1.84. The molecule has 0 radical (unpaired) electrons. The number of hydrogen-bond donors (Lipinski definition) is 2. The molecule has 0 atom stereocenters. The van der Waals surface area contributed by atoms with Gasteiger partial charge in [0.05, 0.1) is 0 Å². The maximum Gasteiger partial charge on any atom is 0.407 e. The second kappa shape index (κ2) is 3.09. The van der Waals surface area contributed by atoms with Crippen molar-refractivity contribution < 1.29 is 9.90 Å². The van der Waals surface area contributed by atoms with Crippen molar-refractivity contribution in [3.8, 4) is 0 Å². The normalized spacial score (nSPS) is 29.3. The van der Waals surface area contributed by atoms with Crippen molar-refractivity contribution in [2.75, 3.05) is 13.6 Å². The van der Waals surface area contributed by atoms with Gasteiger partial charge >= 0.3 is 6.09 Å². The third kappa shape index (κ3) is 2.08. The molecule has 0 aromatic rings. The minimum Gasteiger partial charge on any atom is -0.465 e. The van der Waals surface area contributed by atoms with Crippen LogP contribution in [-0.2, 0) is 0 Å². The van der Waals surface area contributed by atoms with Crippen LogP contribution in [-0.4, -0.2) is 35.7 Å². The average molecular weight is 158 g/mol. The summed E-state index contributed by atoms with van der Waals surface area (Å²) in [5.41, 5.74) is 5.55. The Bertz CT molecular complexity index is 155. The van der Waals surface area contributed by atoms with Gasteiger partial charge in [-0.2, -0.15) is 0 Å². The zero-order chi connectivity index (χ0) is 8.43. The molecule has 1 saturated carbocycles. The molecule has 1 fully saturated rings. The topological polar surface area (TPSA) is 66.6 Å². The molecule has 0 unspecified atom stereocenters. The molecule has 0 aliphatic heterocycles. The Labute approximate surface area is 66.0 Å². The predicted octanol–water partition coefficient (Wildman–Crippen LogP) is 0.334. The van der Waals surface area contributed by atoms with Crippen molar-refractivity contribution >= 4 is 6.09 Å². The molecule has 3 N–H and O–H groups in total. The standard InChI is InChI=1S/C7H14N2O2/c1-9(7(10)11)4-5-2-6(8)3-5/h5-6H,2-4,8H2,1H3,(H,10,11). The monoisotopic (exact) mass is 158 g/mol. The van der Waals surface area contributed by atoms with Crippen LogP contribution >= 0.6 is 0 Å². The highest BCUT2D eigenvalue weighted by molar-refractivity contribution is 5.64. The molecule has 0 saturated heterocycles. The molecule has 0 bridgehead atoms. The van der Waals surface area contributed by atoms with E-state index in [0.717, 1.165) is 12.8 Å². The zero-order valence-corrected chi connectivity index (χ0v) is 6.66. The van der Waals surface area contributed by atoms with Crippen LogP contribution in [0.5, 0.6) is 0 Å². The molecule has 1 amide bonds. The highest BCUT2D eigenvalue weighted by Crippen LogP contribution is 2.25. The molecule has 1 rings (SSSR count). The molecule has 4 nitrogen and oxygen atoms in total. The van der Waals surface area contributed by atoms with Crippen molar-refractivity contribution in [3.63, 3.8) is 0 Å². The van der Waals surface area contributed by atoms with E-state index >= 15 is 0 Å². The van der Waals surface area contributed by atoms with Gasteiger partial charge in [-0.05, 0) is 18.8 Å². The van der Waals surface area contributed by atoms with Crippen LogP contribution in [0.25, 0.3) is 0 Å². The third-order valence-electron chi connectivity index (χ3n) is 2.13. The Morgan fingerprint density at radius 2 is 2.27 bits per heavy atom. The van der Waals surface area contributed by atoms with Crippen LogP contribution in [0, 0.1) is 5.92 Å². The van der Waals surface area contributed by atoms with E-state index in [1.54, 1.807) is 7.05 Å². The van der Waals surface area contributed by atoms with Crippen LogP contribution in [0.3, 0.4) is 0 Å². The van der Waals surface area contributed by atoms with E-state index in [-0.39, 0.29) is 0 Å². The van der Waals surface area contributed by atoms with Crippen LogP contribution in [0.4, 0.5) is 4.79 Å². The van der Waals surface area contributed by atoms with Gasteiger partial charge in [0.15, 0.2) is 0 Å². The van der Waals surface area contributed by atoms with E-state index in [1.807, 2.05) is 0 Å². The van der Waals surface area contributed by atoms with Gasteiger partial charge in [0.1, 0.15) is 0 Å². The Morgan fingerprint density at radius 1 is 1.73 bits per heavy atom. The molecule has 0 spiro atoms. The predicted molar refractivity (Wildman–Crippen MR) is 41.4 cm³/mol. The molecule has 64 valence electrons. The van der Waals surface area contributed by atoms with Crippen molar-refractivity contribution in [2.24, 2.45) is 11.7 Å². The molecule has 11 heavy (non-hydrogen) atoms. The number of hydrogen-bond acceptors (Lipinski definition) is 2. The quantitative estimate of drug-likeness (QED) is 0.608. The van der Waals surface area contributed by atoms with Crippen LogP contribution in [0.15, 0.2) is 0 Å². The Morgan fingerprint density at radius 3 is 2.64 bits per heavy atom. The fraction of sp³-hybridized carbons (Fsp3) is 0.857. The summed E-state index contributed by atoms with van der Waals surface area (Å²) in [4.78, 5) is 11.7. The van der Waals surface area contributed by atoms with Crippen molar-refractivity contribution in [3.05, 3.63) is 0 Å². The highest BCUT2D eigenvalue weighted by atomic mass is 16.4. The third-order valence-corrected chi connectivity index (χ3v) is 2.13. The zero-order valence-electron chi connectivity index (χ0n) is 6.66. The second-order valence-corrected chi connectivity index (χ2v) is 3.26. The first-order valence-electron chi connectivity index (χ1n) is 3.79. The maximum absolute atomic E-state index is 10.4. The summed E-state index contributed by atoms with van der Waals surface area (Å²) in [7, 11) is 1.59. The van der Waals surface area contributed by atoms with Crippen LogP contribution in [0.2, 0.25) is 0 Å². The fourth-order valence-electron chi connectivity index (χ4n) is 1.40. The lowest BCUT2D eigenvalue weighted by Gasteiger charge is -2.34. The van der Waals surface area contributed by atoms with Gasteiger partial charge in [0.25, 0.3) is 0 Å². The molecular weight excluding hydrogens is 144 g/mol. The lowest BCUT2D eigenvalue weighted by Crippen LogP contribution is -2.42. The smallest absolute Gasteiger partial charge is 0.407 e. The summed E-state index contributed by atoms with van der Waals surface area (Å²) in [6.07, 6.45) is 1.08. The number of nitrogens with zero attached hydrogens (tertiary/aromatic N) is 1. The summed E-state index contributed by atoms with van der Waals surface area (Å²) in [6.45, 7) is 0.628. The van der Waals surface area contributed by atoms with E-state index in [9.17, 15) is 4.79 Å².